The molecule has 1 unspecified atom stereocenters. The minimum atomic E-state index is -1.13. The summed E-state index contributed by atoms with van der Waals surface area (Å²) in [7, 11) is 0. The van der Waals surface area contributed by atoms with Gasteiger partial charge in [0.05, 0.1) is 22.9 Å². The van der Waals surface area contributed by atoms with Crippen LogP contribution in [0.15, 0.2) is 53.1 Å². The number of hydrogen-bond acceptors (Lipinski definition) is 5. The molecule has 0 aliphatic carbocycles. The third kappa shape index (κ3) is 3.55. The fourth-order valence-electron chi connectivity index (χ4n) is 3.11. The zero-order valence-electron chi connectivity index (χ0n) is 14.7. The molecule has 3 aromatic rings. The molecule has 0 saturated carbocycles. The summed E-state index contributed by atoms with van der Waals surface area (Å²) in [5.74, 6) is -0.656. The van der Waals surface area contributed by atoms with Crippen LogP contribution >= 0.6 is 23.2 Å². The van der Waals surface area contributed by atoms with E-state index in [4.69, 9.17) is 27.6 Å². The van der Waals surface area contributed by atoms with Crippen LogP contribution in [0.25, 0.3) is 0 Å². The van der Waals surface area contributed by atoms with Crippen LogP contribution in [-0.4, -0.2) is 26.9 Å². The summed E-state index contributed by atoms with van der Waals surface area (Å²) in [5, 5.41) is 22.7. The molecule has 2 amide bonds. The van der Waals surface area contributed by atoms with Crippen LogP contribution in [0, 0.1) is 0 Å². The predicted molar refractivity (Wildman–Crippen MR) is 106 cm³/mol. The second-order valence-corrected chi connectivity index (χ2v) is 7.25. The van der Waals surface area contributed by atoms with Gasteiger partial charge in [-0.15, -0.1) is 0 Å². The van der Waals surface area contributed by atoms with Gasteiger partial charge >= 0.3 is 0 Å². The van der Waals surface area contributed by atoms with E-state index in [0.29, 0.717) is 11.3 Å². The van der Waals surface area contributed by atoms with Gasteiger partial charge < -0.3 is 24.8 Å². The molecule has 1 atom stereocenters. The molecule has 4 rings (SSSR count). The van der Waals surface area contributed by atoms with E-state index < -0.39 is 18.0 Å². The maximum Gasteiger partial charge on any atom is 0.257 e. The number of rotatable bonds is 4. The summed E-state index contributed by atoms with van der Waals surface area (Å²) in [6.45, 7) is 0.105. The topological polar surface area (TPSA) is 103 Å². The number of amides is 2. The molecule has 0 bridgehead atoms. The van der Waals surface area contributed by atoms with Gasteiger partial charge in [-0.1, -0.05) is 29.3 Å². The molecule has 1 aromatic heterocycles. The van der Waals surface area contributed by atoms with Crippen molar-refractivity contribution in [3.63, 3.8) is 0 Å². The van der Waals surface area contributed by atoms with Crippen LogP contribution in [-0.2, 0) is 6.54 Å². The smallest absolute Gasteiger partial charge is 0.257 e. The molecular formula is C20H14Cl2N2O5. The Labute approximate surface area is 175 Å². The molecule has 1 aliphatic rings. The van der Waals surface area contributed by atoms with Gasteiger partial charge in [-0.3, -0.25) is 9.59 Å². The Morgan fingerprint density at radius 2 is 1.90 bits per heavy atom. The number of phenols is 1. The van der Waals surface area contributed by atoms with Gasteiger partial charge in [0.1, 0.15) is 5.76 Å². The minimum absolute atomic E-state index is 0.00591. The summed E-state index contributed by atoms with van der Waals surface area (Å²) >= 11 is 11.7. The Kier molecular flexibility index (Phi) is 4.96. The first-order chi connectivity index (χ1) is 13.8. The fourth-order valence-corrected chi connectivity index (χ4v) is 3.60. The first-order valence-electron chi connectivity index (χ1n) is 8.50. The standard InChI is InChI=1S/C20H14Cl2N2O5/c21-15-7-11(8-16(22)17(15)25)23-18(26)10-3-4-13-14(6-10)20(28)24(19(13)27)9-12-2-1-5-29-12/h1-8,19,25,27H,9H2,(H,23,26). The summed E-state index contributed by atoms with van der Waals surface area (Å²) in [6.07, 6.45) is 0.356. The van der Waals surface area contributed by atoms with Crippen LogP contribution in [0.2, 0.25) is 10.0 Å². The Morgan fingerprint density at radius 1 is 1.17 bits per heavy atom. The molecule has 2 aromatic carbocycles. The first kappa shape index (κ1) is 19.3. The lowest BCUT2D eigenvalue weighted by molar-refractivity contribution is 0.0109. The van der Waals surface area contributed by atoms with Crippen molar-refractivity contribution >= 4 is 40.7 Å². The molecule has 3 N–H and O–H groups in total. The summed E-state index contributed by atoms with van der Waals surface area (Å²) < 4.78 is 5.24. The zero-order valence-corrected chi connectivity index (χ0v) is 16.2. The molecule has 0 radical (unpaired) electrons. The fraction of sp³-hybridized carbons (Fsp3) is 0.100. The normalized spacial score (nSPS) is 15.5. The highest BCUT2D eigenvalue weighted by Crippen LogP contribution is 2.36. The van der Waals surface area contributed by atoms with Crippen molar-refractivity contribution in [1.29, 1.82) is 0 Å². The van der Waals surface area contributed by atoms with E-state index in [1.165, 1.54) is 41.5 Å². The maximum absolute atomic E-state index is 12.7. The molecule has 0 saturated heterocycles. The highest BCUT2D eigenvalue weighted by molar-refractivity contribution is 6.37. The lowest BCUT2D eigenvalue weighted by Gasteiger charge is -2.19. The van der Waals surface area contributed by atoms with Crippen LogP contribution in [0.3, 0.4) is 0 Å². The molecule has 0 spiro atoms. The zero-order chi connectivity index (χ0) is 20.7. The van der Waals surface area contributed by atoms with Gasteiger partial charge in [-0.05, 0) is 36.4 Å². The van der Waals surface area contributed by atoms with Crippen molar-refractivity contribution in [3.05, 3.63) is 81.2 Å². The van der Waals surface area contributed by atoms with E-state index in [1.54, 1.807) is 12.1 Å². The molecular weight excluding hydrogens is 419 g/mol. The molecule has 2 heterocycles. The van der Waals surface area contributed by atoms with E-state index in [-0.39, 0.29) is 39.2 Å². The number of aliphatic hydroxyl groups is 1. The highest BCUT2D eigenvalue weighted by atomic mass is 35.5. The summed E-state index contributed by atoms with van der Waals surface area (Å²) in [4.78, 5) is 26.6. The van der Waals surface area contributed by atoms with Crippen LogP contribution in [0.4, 0.5) is 5.69 Å². The van der Waals surface area contributed by atoms with Gasteiger partial charge in [0.25, 0.3) is 11.8 Å². The molecule has 7 nitrogen and oxygen atoms in total. The molecule has 148 valence electrons. The number of carbonyl (C=O) groups is 2. The number of hydrogen-bond donors (Lipinski definition) is 3. The Morgan fingerprint density at radius 3 is 2.55 bits per heavy atom. The summed E-state index contributed by atoms with van der Waals surface area (Å²) in [5.41, 5.74) is 1.14. The number of furan rings is 1. The Bertz CT molecular complexity index is 1090. The number of aliphatic hydroxyl groups excluding tert-OH is 1. The Hall–Kier alpha value is -3.00. The second-order valence-electron chi connectivity index (χ2n) is 6.43. The van der Waals surface area contributed by atoms with Crippen LogP contribution in [0.1, 0.15) is 38.3 Å². The van der Waals surface area contributed by atoms with Crippen LogP contribution in [0.5, 0.6) is 5.75 Å². The summed E-state index contributed by atoms with van der Waals surface area (Å²) in [6, 6.07) is 10.6. The van der Waals surface area contributed by atoms with Crippen molar-refractivity contribution < 1.29 is 24.2 Å². The number of nitrogens with zero attached hydrogens (tertiary/aromatic N) is 1. The average Bonchev–Trinajstić information content (AvgIpc) is 3.29. The van der Waals surface area contributed by atoms with Crippen molar-refractivity contribution in [3.8, 4) is 5.75 Å². The maximum atomic E-state index is 12.7. The Balaban J connectivity index is 1.57. The second kappa shape index (κ2) is 7.44. The van der Waals surface area contributed by atoms with E-state index >= 15 is 0 Å². The quantitative estimate of drug-likeness (QED) is 0.536. The molecule has 0 fully saturated rings. The van der Waals surface area contributed by atoms with E-state index in [9.17, 15) is 19.8 Å². The van der Waals surface area contributed by atoms with Crippen LogP contribution < -0.4 is 5.32 Å². The number of aromatic hydroxyl groups is 1. The number of phenolic OH excluding ortho intramolecular Hbond substituents is 1. The van der Waals surface area contributed by atoms with Gasteiger partial charge in [0, 0.05) is 22.4 Å². The van der Waals surface area contributed by atoms with Crippen molar-refractivity contribution in [2.45, 2.75) is 12.8 Å². The SMILES string of the molecule is O=C(Nc1cc(Cl)c(O)c(Cl)c1)c1ccc2c(c1)C(=O)N(Cc1ccco1)C2O. The van der Waals surface area contributed by atoms with Gasteiger partial charge in [-0.2, -0.15) is 0 Å². The third-order valence-electron chi connectivity index (χ3n) is 4.56. The highest BCUT2D eigenvalue weighted by Gasteiger charge is 2.36. The number of benzene rings is 2. The van der Waals surface area contributed by atoms with E-state index in [0.717, 1.165) is 0 Å². The first-order valence-corrected chi connectivity index (χ1v) is 9.25. The third-order valence-corrected chi connectivity index (χ3v) is 5.14. The predicted octanol–water partition coefficient (Wildman–Crippen LogP) is 4.19. The molecule has 9 heteroatoms. The number of fused-ring (bicyclic) bond motifs is 1. The lowest BCUT2D eigenvalue weighted by atomic mass is 10.0. The van der Waals surface area contributed by atoms with Gasteiger partial charge in [0.2, 0.25) is 0 Å². The van der Waals surface area contributed by atoms with E-state index in [2.05, 4.69) is 5.32 Å². The van der Waals surface area contributed by atoms with Crippen molar-refractivity contribution in [2.75, 3.05) is 5.32 Å². The minimum Gasteiger partial charge on any atom is -0.505 e. The molecule has 1 aliphatic heterocycles. The molecule has 29 heavy (non-hydrogen) atoms. The average molecular weight is 433 g/mol. The van der Waals surface area contributed by atoms with Gasteiger partial charge in [0.15, 0.2) is 12.0 Å². The number of anilines is 1. The number of nitrogens with one attached hydrogen (secondary N) is 1. The van der Waals surface area contributed by atoms with Crippen molar-refractivity contribution in [2.24, 2.45) is 0 Å². The number of carbonyl (C=O) groups excluding carboxylic acids is 2. The van der Waals surface area contributed by atoms with E-state index in [1.807, 2.05) is 0 Å². The number of halogens is 2. The lowest BCUT2D eigenvalue weighted by Crippen LogP contribution is -2.27. The monoisotopic (exact) mass is 432 g/mol. The van der Waals surface area contributed by atoms with Gasteiger partial charge in [-0.25, -0.2) is 0 Å². The largest absolute Gasteiger partial charge is 0.505 e. The van der Waals surface area contributed by atoms with Crippen molar-refractivity contribution in [1.82, 2.24) is 4.90 Å².